The van der Waals surface area contributed by atoms with E-state index in [-0.39, 0.29) is 5.96 Å². The molecule has 0 saturated heterocycles. The Kier molecular flexibility index (Phi) is 4.22. The second kappa shape index (κ2) is 6.08. The van der Waals surface area contributed by atoms with Gasteiger partial charge < -0.3 is 16.5 Å². The highest BCUT2D eigenvalue weighted by Gasteiger charge is 2.11. The first-order chi connectivity index (χ1) is 9.58. The quantitative estimate of drug-likeness (QED) is 0.457. The van der Waals surface area contributed by atoms with Crippen molar-refractivity contribution in [3.8, 4) is 0 Å². The van der Waals surface area contributed by atoms with Crippen LogP contribution in [0.25, 0.3) is 5.57 Å². The van der Waals surface area contributed by atoms with E-state index in [9.17, 15) is 0 Å². The molecule has 0 atom stereocenters. The number of nitrogens with zero attached hydrogens (tertiary/aromatic N) is 2. The van der Waals surface area contributed by atoms with Crippen molar-refractivity contribution >= 4 is 28.8 Å². The van der Waals surface area contributed by atoms with E-state index in [0.717, 1.165) is 11.3 Å². The summed E-state index contributed by atoms with van der Waals surface area (Å²) in [4.78, 5) is 3.07. The third-order valence-electron chi connectivity index (χ3n) is 2.59. The van der Waals surface area contributed by atoms with Gasteiger partial charge in [-0.15, -0.1) is 10.2 Å². The Morgan fingerprint density at radius 3 is 2.35 bits per heavy atom. The lowest BCUT2D eigenvalue weighted by molar-refractivity contribution is 1.20. The third kappa shape index (κ3) is 3.27. The highest BCUT2D eigenvalue weighted by molar-refractivity contribution is 6.32. The van der Waals surface area contributed by atoms with Crippen LogP contribution in [0.1, 0.15) is 11.3 Å². The second-order valence-corrected chi connectivity index (χ2v) is 4.48. The SMILES string of the molecule is C=C(C(=NN=C(N)N)c1ccc(Cl)cc1)c1ccc[nH]1. The molecule has 5 nitrogen and oxygen atoms in total. The maximum Gasteiger partial charge on any atom is 0.211 e. The van der Waals surface area contributed by atoms with E-state index < -0.39 is 0 Å². The molecule has 0 radical (unpaired) electrons. The maximum atomic E-state index is 5.89. The van der Waals surface area contributed by atoms with E-state index >= 15 is 0 Å². The standard InChI is InChI=1S/C14H14ClN5/c1-9(12-3-2-8-18-12)13(19-20-14(16)17)10-4-6-11(15)7-5-10/h2-8,18H,1H2,(H4,16,17,20). The summed E-state index contributed by atoms with van der Waals surface area (Å²) in [7, 11) is 0. The Hall–Kier alpha value is -2.53. The van der Waals surface area contributed by atoms with Gasteiger partial charge in [-0.05, 0) is 24.3 Å². The third-order valence-corrected chi connectivity index (χ3v) is 2.84. The number of benzene rings is 1. The summed E-state index contributed by atoms with van der Waals surface area (Å²) in [6, 6.07) is 11.0. The molecule has 0 amide bonds. The number of allylic oxidation sites excluding steroid dienone is 1. The number of aromatic amines is 1. The number of hydrogen-bond acceptors (Lipinski definition) is 2. The van der Waals surface area contributed by atoms with Gasteiger partial charge in [-0.2, -0.15) is 0 Å². The minimum atomic E-state index is -0.115. The van der Waals surface area contributed by atoms with Crippen molar-refractivity contribution in [2.24, 2.45) is 21.7 Å². The lowest BCUT2D eigenvalue weighted by Crippen LogP contribution is -2.22. The summed E-state index contributed by atoms with van der Waals surface area (Å²) < 4.78 is 0. The minimum Gasteiger partial charge on any atom is -0.369 e. The average Bonchev–Trinajstić information content (AvgIpc) is 2.94. The Labute approximate surface area is 121 Å². The normalized spacial score (nSPS) is 11.2. The van der Waals surface area contributed by atoms with Crippen LogP contribution in [-0.4, -0.2) is 16.7 Å². The molecule has 102 valence electrons. The number of halogens is 1. The Balaban J connectivity index is 2.45. The Morgan fingerprint density at radius 2 is 1.80 bits per heavy atom. The van der Waals surface area contributed by atoms with Gasteiger partial charge in [0.25, 0.3) is 0 Å². The van der Waals surface area contributed by atoms with Crippen LogP contribution in [0.5, 0.6) is 0 Å². The summed E-state index contributed by atoms with van der Waals surface area (Å²) in [6.07, 6.45) is 1.81. The van der Waals surface area contributed by atoms with Gasteiger partial charge in [-0.25, -0.2) is 0 Å². The smallest absolute Gasteiger partial charge is 0.211 e. The summed E-state index contributed by atoms with van der Waals surface area (Å²) in [5, 5.41) is 8.42. The van der Waals surface area contributed by atoms with Gasteiger partial charge in [0.2, 0.25) is 5.96 Å². The fourth-order valence-electron chi connectivity index (χ4n) is 1.65. The van der Waals surface area contributed by atoms with Crippen molar-refractivity contribution in [3.63, 3.8) is 0 Å². The van der Waals surface area contributed by atoms with E-state index in [2.05, 4.69) is 21.8 Å². The highest BCUT2D eigenvalue weighted by atomic mass is 35.5. The minimum absolute atomic E-state index is 0.115. The van der Waals surface area contributed by atoms with Crippen LogP contribution in [0.4, 0.5) is 0 Å². The number of nitrogens with one attached hydrogen (secondary N) is 1. The predicted molar refractivity (Wildman–Crippen MR) is 83.6 cm³/mol. The molecule has 2 aromatic rings. The average molecular weight is 288 g/mol. The Morgan fingerprint density at radius 1 is 1.10 bits per heavy atom. The van der Waals surface area contributed by atoms with Crippen LogP contribution in [0.2, 0.25) is 5.02 Å². The van der Waals surface area contributed by atoms with Gasteiger partial charge in [-0.3, -0.25) is 0 Å². The summed E-state index contributed by atoms with van der Waals surface area (Å²) in [6.45, 7) is 4.03. The van der Waals surface area contributed by atoms with E-state index in [0.29, 0.717) is 16.3 Å². The van der Waals surface area contributed by atoms with Crippen LogP contribution >= 0.6 is 11.6 Å². The van der Waals surface area contributed by atoms with Gasteiger partial charge in [0, 0.05) is 28.0 Å². The fourth-order valence-corrected chi connectivity index (χ4v) is 1.78. The number of rotatable bonds is 4. The topological polar surface area (TPSA) is 92.5 Å². The summed E-state index contributed by atoms with van der Waals surface area (Å²) >= 11 is 5.89. The first-order valence-corrected chi connectivity index (χ1v) is 6.21. The molecule has 1 heterocycles. The van der Waals surface area contributed by atoms with E-state index in [4.69, 9.17) is 23.1 Å². The number of guanidine groups is 1. The van der Waals surface area contributed by atoms with Crippen LogP contribution < -0.4 is 11.5 Å². The predicted octanol–water partition coefficient (Wildman–Crippen LogP) is 2.36. The molecule has 6 heteroatoms. The Bertz CT molecular complexity index is 649. The molecule has 0 fully saturated rings. The van der Waals surface area contributed by atoms with Gasteiger partial charge in [0.15, 0.2) is 0 Å². The van der Waals surface area contributed by atoms with Crippen molar-refractivity contribution < 1.29 is 0 Å². The zero-order valence-corrected chi connectivity index (χ0v) is 11.4. The van der Waals surface area contributed by atoms with E-state index in [1.165, 1.54) is 0 Å². The molecule has 0 aliphatic rings. The van der Waals surface area contributed by atoms with Crippen molar-refractivity contribution in [2.75, 3.05) is 0 Å². The number of H-pyrrole nitrogens is 1. The molecule has 1 aromatic heterocycles. The molecule has 0 aliphatic carbocycles. The van der Waals surface area contributed by atoms with Crippen LogP contribution in [0, 0.1) is 0 Å². The van der Waals surface area contributed by atoms with Gasteiger partial charge in [0.05, 0.1) is 0 Å². The fraction of sp³-hybridized carbons (Fsp3) is 0. The molecule has 0 aliphatic heterocycles. The molecule has 2 rings (SSSR count). The number of hydrogen-bond donors (Lipinski definition) is 3. The molecule has 20 heavy (non-hydrogen) atoms. The number of aromatic nitrogens is 1. The first-order valence-electron chi connectivity index (χ1n) is 5.83. The maximum absolute atomic E-state index is 5.89. The number of nitrogens with two attached hydrogens (primary N) is 2. The van der Waals surface area contributed by atoms with Crippen LogP contribution in [0.15, 0.2) is 59.4 Å². The van der Waals surface area contributed by atoms with Crippen molar-refractivity contribution in [1.29, 1.82) is 0 Å². The van der Waals surface area contributed by atoms with Crippen molar-refractivity contribution in [3.05, 3.63) is 65.5 Å². The molecule has 0 bridgehead atoms. The zero-order chi connectivity index (χ0) is 14.5. The zero-order valence-electron chi connectivity index (χ0n) is 10.7. The monoisotopic (exact) mass is 287 g/mol. The molecule has 1 aromatic carbocycles. The van der Waals surface area contributed by atoms with Crippen molar-refractivity contribution in [1.82, 2.24) is 4.98 Å². The van der Waals surface area contributed by atoms with Gasteiger partial charge in [0.1, 0.15) is 5.71 Å². The van der Waals surface area contributed by atoms with Crippen LogP contribution in [0.3, 0.4) is 0 Å². The van der Waals surface area contributed by atoms with E-state index in [1.807, 2.05) is 24.3 Å². The summed E-state index contributed by atoms with van der Waals surface area (Å²) in [5.74, 6) is -0.115. The molecular formula is C14H14ClN5. The summed E-state index contributed by atoms with van der Waals surface area (Å²) in [5.41, 5.74) is 13.6. The molecule has 0 spiro atoms. The van der Waals surface area contributed by atoms with Crippen LogP contribution in [-0.2, 0) is 0 Å². The molecular weight excluding hydrogens is 274 g/mol. The lowest BCUT2D eigenvalue weighted by Gasteiger charge is -2.07. The molecule has 0 saturated carbocycles. The van der Waals surface area contributed by atoms with Gasteiger partial charge >= 0.3 is 0 Å². The first kappa shape index (κ1) is 13.9. The lowest BCUT2D eigenvalue weighted by atomic mass is 10.0. The highest BCUT2D eigenvalue weighted by Crippen LogP contribution is 2.19. The van der Waals surface area contributed by atoms with E-state index in [1.54, 1.807) is 18.3 Å². The molecule has 0 unspecified atom stereocenters. The molecule has 5 N–H and O–H groups in total. The largest absolute Gasteiger partial charge is 0.369 e. The van der Waals surface area contributed by atoms with Gasteiger partial charge in [-0.1, -0.05) is 30.3 Å². The second-order valence-electron chi connectivity index (χ2n) is 4.04. The van der Waals surface area contributed by atoms with Crippen molar-refractivity contribution in [2.45, 2.75) is 0 Å².